The second kappa shape index (κ2) is 7.43. The zero-order valence-electron chi connectivity index (χ0n) is 13.4. The molecule has 120 valence electrons. The van der Waals surface area contributed by atoms with Gasteiger partial charge in [0, 0.05) is 18.9 Å². The van der Waals surface area contributed by atoms with E-state index in [1.165, 1.54) is 0 Å². The number of hydrogen-bond acceptors (Lipinski definition) is 2. The lowest BCUT2D eigenvalue weighted by Gasteiger charge is -2.36. The molecule has 1 aliphatic heterocycles. The molecule has 2 unspecified atom stereocenters. The smallest absolute Gasteiger partial charge is 0.326 e. The molecule has 0 spiro atoms. The Hall–Kier alpha value is -1.84. The van der Waals surface area contributed by atoms with E-state index in [1.807, 2.05) is 31.2 Å². The lowest BCUT2D eigenvalue weighted by atomic mass is 9.91. The van der Waals surface area contributed by atoms with Gasteiger partial charge >= 0.3 is 5.97 Å². The molecule has 0 aromatic heterocycles. The molecule has 0 radical (unpaired) electrons. The van der Waals surface area contributed by atoms with Crippen LogP contribution in [0.4, 0.5) is 0 Å². The highest BCUT2D eigenvalue weighted by atomic mass is 16.4. The lowest BCUT2D eigenvalue weighted by molar-refractivity contribution is -0.153. The first kappa shape index (κ1) is 16.5. The number of unbranched alkanes of at least 4 members (excludes halogenated alkanes) is 1. The summed E-state index contributed by atoms with van der Waals surface area (Å²) in [6, 6.07) is 7.07. The van der Waals surface area contributed by atoms with Gasteiger partial charge in [-0.2, -0.15) is 0 Å². The highest BCUT2D eigenvalue weighted by Crippen LogP contribution is 2.27. The third kappa shape index (κ3) is 3.49. The van der Waals surface area contributed by atoms with Gasteiger partial charge in [0.2, 0.25) is 5.91 Å². The molecular weight excluding hydrogens is 278 g/mol. The van der Waals surface area contributed by atoms with Gasteiger partial charge in [-0.15, -0.1) is 0 Å². The third-order valence-corrected chi connectivity index (χ3v) is 4.56. The fourth-order valence-electron chi connectivity index (χ4n) is 3.16. The van der Waals surface area contributed by atoms with Crippen molar-refractivity contribution in [2.45, 2.75) is 58.5 Å². The number of carbonyl (C=O) groups excluding carboxylic acids is 1. The molecule has 1 heterocycles. The van der Waals surface area contributed by atoms with E-state index in [4.69, 9.17) is 0 Å². The molecule has 0 aliphatic carbocycles. The maximum Gasteiger partial charge on any atom is 0.326 e. The summed E-state index contributed by atoms with van der Waals surface area (Å²) < 4.78 is 0. The average molecular weight is 303 g/mol. The molecule has 0 saturated carbocycles. The zero-order valence-corrected chi connectivity index (χ0v) is 13.4. The van der Waals surface area contributed by atoms with E-state index in [0.717, 1.165) is 36.8 Å². The van der Waals surface area contributed by atoms with Crippen LogP contribution < -0.4 is 0 Å². The molecule has 1 amide bonds. The van der Waals surface area contributed by atoms with Gasteiger partial charge in [-0.05, 0) is 24.0 Å². The fraction of sp³-hybridized carbons (Fsp3) is 0.556. The van der Waals surface area contributed by atoms with Crippen LogP contribution in [-0.2, 0) is 22.6 Å². The van der Waals surface area contributed by atoms with Crippen molar-refractivity contribution in [1.29, 1.82) is 0 Å². The first-order valence-corrected chi connectivity index (χ1v) is 8.18. The second-order valence-corrected chi connectivity index (χ2v) is 6.04. The van der Waals surface area contributed by atoms with Crippen molar-refractivity contribution in [3.8, 4) is 0 Å². The van der Waals surface area contributed by atoms with Crippen LogP contribution in [0.25, 0.3) is 0 Å². The van der Waals surface area contributed by atoms with Crippen molar-refractivity contribution in [3.05, 3.63) is 35.4 Å². The summed E-state index contributed by atoms with van der Waals surface area (Å²) in [6.07, 6.45) is 4.07. The molecule has 1 N–H and O–H groups in total. The van der Waals surface area contributed by atoms with Gasteiger partial charge in [0.05, 0.1) is 0 Å². The highest BCUT2D eigenvalue weighted by molar-refractivity contribution is 5.86. The fourth-order valence-corrected chi connectivity index (χ4v) is 3.16. The van der Waals surface area contributed by atoms with Crippen molar-refractivity contribution in [2.24, 2.45) is 5.92 Å². The van der Waals surface area contributed by atoms with E-state index in [-0.39, 0.29) is 11.8 Å². The van der Waals surface area contributed by atoms with Gasteiger partial charge in [0.25, 0.3) is 0 Å². The molecule has 2 rings (SSSR count). The number of carbonyl (C=O) groups is 2. The number of carboxylic acids is 1. The molecular formula is C18H25NO3. The zero-order chi connectivity index (χ0) is 16.1. The van der Waals surface area contributed by atoms with Crippen LogP contribution in [-0.4, -0.2) is 27.9 Å². The summed E-state index contributed by atoms with van der Waals surface area (Å²) in [5.41, 5.74) is 2.11. The number of fused-ring (bicyclic) bond motifs is 1. The van der Waals surface area contributed by atoms with Gasteiger partial charge in [-0.25, -0.2) is 4.79 Å². The van der Waals surface area contributed by atoms with Crippen molar-refractivity contribution < 1.29 is 14.7 Å². The summed E-state index contributed by atoms with van der Waals surface area (Å²) >= 11 is 0. The number of rotatable bonds is 6. The van der Waals surface area contributed by atoms with Crippen LogP contribution in [0.3, 0.4) is 0 Å². The molecule has 1 aromatic rings. The van der Waals surface area contributed by atoms with Crippen molar-refractivity contribution in [3.63, 3.8) is 0 Å². The minimum atomic E-state index is -0.909. The van der Waals surface area contributed by atoms with Crippen LogP contribution >= 0.6 is 0 Å². The summed E-state index contributed by atoms with van der Waals surface area (Å²) in [4.78, 5) is 26.0. The van der Waals surface area contributed by atoms with Gasteiger partial charge < -0.3 is 10.0 Å². The number of nitrogens with zero attached hydrogens (tertiary/aromatic N) is 1. The maximum atomic E-state index is 12.8. The molecule has 1 aliphatic rings. The minimum Gasteiger partial charge on any atom is -0.480 e. The highest BCUT2D eigenvalue weighted by Gasteiger charge is 2.36. The van der Waals surface area contributed by atoms with Crippen LogP contribution in [0, 0.1) is 5.92 Å². The van der Waals surface area contributed by atoms with Crippen molar-refractivity contribution in [1.82, 2.24) is 4.90 Å². The van der Waals surface area contributed by atoms with Gasteiger partial charge in [0.15, 0.2) is 0 Å². The summed E-state index contributed by atoms with van der Waals surface area (Å²) in [7, 11) is 0. The Morgan fingerprint density at radius 3 is 2.55 bits per heavy atom. The number of carboxylic acid groups (broad SMARTS) is 1. The van der Waals surface area contributed by atoms with E-state index in [9.17, 15) is 14.7 Å². The summed E-state index contributed by atoms with van der Waals surface area (Å²) in [5.74, 6) is -0.974. The number of hydrogen-bond donors (Lipinski definition) is 1. The number of amides is 1. The average Bonchev–Trinajstić information content (AvgIpc) is 2.54. The van der Waals surface area contributed by atoms with Gasteiger partial charge in [-0.3, -0.25) is 4.79 Å². The Morgan fingerprint density at radius 2 is 1.95 bits per heavy atom. The lowest BCUT2D eigenvalue weighted by Crippen LogP contribution is -2.50. The Labute approximate surface area is 132 Å². The molecule has 1 aromatic carbocycles. The molecule has 0 bridgehead atoms. The van der Waals surface area contributed by atoms with Crippen LogP contribution in [0.15, 0.2) is 24.3 Å². The minimum absolute atomic E-state index is 0.00199. The molecule has 4 nitrogen and oxygen atoms in total. The topological polar surface area (TPSA) is 57.6 Å². The predicted molar refractivity (Wildman–Crippen MR) is 85.4 cm³/mol. The standard InChI is InChI=1S/C18H25NO3/c1-3-5-8-13(4-2)17(20)19-12-15-10-7-6-9-14(15)11-16(19)18(21)22/h6-7,9-10,13,16H,3-5,8,11-12H2,1-2H3,(H,21,22). The Kier molecular flexibility index (Phi) is 5.58. The van der Waals surface area contributed by atoms with E-state index < -0.39 is 12.0 Å². The van der Waals surface area contributed by atoms with E-state index in [2.05, 4.69) is 6.92 Å². The van der Waals surface area contributed by atoms with E-state index in [1.54, 1.807) is 4.90 Å². The maximum absolute atomic E-state index is 12.8. The van der Waals surface area contributed by atoms with E-state index >= 15 is 0 Å². The van der Waals surface area contributed by atoms with E-state index in [0.29, 0.717) is 13.0 Å². The van der Waals surface area contributed by atoms with Gasteiger partial charge in [0.1, 0.15) is 6.04 Å². The van der Waals surface area contributed by atoms with Crippen LogP contribution in [0.2, 0.25) is 0 Å². The number of aliphatic carboxylic acids is 1. The van der Waals surface area contributed by atoms with Crippen LogP contribution in [0.5, 0.6) is 0 Å². The second-order valence-electron chi connectivity index (χ2n) is 6.04. The molecule has 0 fully saturated rings. The molecule has 2 atom stereocenters. The van der Waals surface area contributed by atoms with Crippen molar-refractivity contribution in [2.75, 3.05) is 0 Å². The first-order valence-electron chi connectivity index (χ1n) is 8.18. The molecule has 22 heavy (non-hydrogen) atoms. The summed E-state index contributed by atoms with van der Waals surface area (Å²) in [5, 5.41) is 9.52. The molecule has 0 saturated heterocycles. The largest absolute Gasteiger partial charge is 0.480 e. The number of benzene rings is 1. The van der Waals surface area contributed by atoms with Gasteiger partial charge in [-0.1, -0.05) is 51.0 Å². The summed E-state index contributed by atoms with van der Waals surface area (Å²) in [6.45, 7) is 4.52. The van der Waals surface area contributed by atoms with Crippen LogP contribution in [0.1, 0.15) is 50.7 Å². The Balaban J connectivity index is 2.23. The predicted octanol–water partition coefficient (Wildman–Crippen LogP) is 3.24. The quantitative estimate of drug-likeness (QED) is 0.877. The molecule has 4 heteroatoms. The first-order chi connectivity index (χ1) is 10.6. The third-order valence-electron chi connectivity index (χ3n) is 4.56. The monoisotopic (exact) mass is 303 g/mol. The normalized spacial score (nSPS) is 18.6. The SMILES string of the molecule is CCCCC(CC)C(=O)N1Cc2ccccc2CC1C(=O)O. The Bertz CT molecular complexity index is 541. The van der Waals surface area contributed by atoms with Crippen molar-refractivity contribution >= 4 is 11.9 Å². The Morgan fingerprint density at radius 1 is 1.27 bits per heavy atom.